The van der Waals surface area contributed by atoms with Gasteiger partial charge in [-0.3, -0.25) is 10.1 Å². The van der Waals surface area contributed by atoms with Crippen molar-refractivity contribution in [2.75, 3.05) is 0 Å². The third kappa shape index (κ3) is 8.12. The van der Waals surface area contributed by atoms with Gasteiger partial charge in [0.15, 0.2) is 0 Å². The Kier molecular flexibility index (Phi) is 8.23. The van der Waals surface area contributed by atoms with E-state index in [1.165, 1.54) is 11.1 Å². The standard InChI is InChI=1S/C26H31NO2S2Si2/c1-32(2,3)9-7-22-14-25-19-31-17-21-11-20(12-26(13-21)27(28)29)16-30-18-24(22)15-23(25)8-10-33(4,5)6/h11-15H,16-19H2,1-6H3. The Morgan fingerprint density at radius 2 is 1.15 bits per heavy atom. The first-order valence-corrected chi connectivity index (χ1v) is 20.4. The first kappa shape index (κ1) is 25.7. The predicted octanol–water partition coefficient (Wildman–Crippen LogP) is 7.23. The summed E-state index contributed by atoms with van der Waals surface area (Å²) in [6, 6.07) is 10.0. The maximum Gasteiger partial charge on any atom is 0.270 e. The molecule has 2 aromatic carbocycles. The maximum atomic E-state index is 11.4. The Labute approximate surface area is 208 Å². The van der Waals surface area contributed by atoms with Crippen molar-refractivity contribution in [3.63, 3.8) is 0 Å². The van der Waals surface area contributed by atoms with Crippen LogP contribution in [0.2, 0.25) is 39.3 Å². The molecule has 0 saturated heterocycles. The van der Waals surface area contributed by atoms with Crippen molar-refractivity contribution in [3.05, 3.63) is 73.8 Å². The molecule has 2 aromatic rings. The van der Waals surface area contributed by atoms with Crippen LogP contribution in [0.25, 0.3) is 0 Å². The average molecular weight is 510 g/mol. The minimum atomic E-state index is -1.51. The van der Waals surface area contributed by atoms with Crippen LogP contribution in [0, 0.1) is 33.0 Å². The van der Waals surface area contributed by atoms with Gasteiger partial charge in [-0.05, 0) is 34.4 Å². The number of nitro benzene ring substituents is 1. The summed E-state index contributed by atoms with van der Waals surface area (Å²) >= 11 is 3.56. The molecule has 0 fully saturated rings. The van der Waals surface area contributed by atoms with Crippen LogP contribution >= 0.6 is 23.5 Å². The summed E-state index contributed by atoms with van der Waals surface area (Å²) in [5, 5.41) is 11.4. The van der Waals surface area contributed by atoms with E-state index in [2.05, 4.69) is 80.4 Å². The molecule has 0 aliphatic carbocycles. The largest absolute Gasteiger partial charge is 0.270 e. The number of thioether (sulfide) groups is 2. The van der Waals surface area contributed by atoms with Crippen molar-refractivity contribution in [2.24, 2.45) is 0 Å². The maximum absolute atomic E-state index is 11.4. The van der Waals surface area contributed by atoms with Crippen molar-refractivity contribution >= 4 is 45.4 Å². The van der Waals surface area contributed by atoms with Gasteiger partial charge in [-0.15, -0.1) is 11.1 Å². The van der Waals surface area contributed by atoms with Crippen molar-refractivity contribution in [1.82, 2.24) is 0 Å². The fraction of sp³-hybridized carbons (Fsp3) is 0.385. The van der Waals surface area contributed by atoms with E-state index in [0.717, 1.165) is 45.3 Å². The van der Waals surface area contributed by atoms with Gasteiger partial charge < -0.3 is 0 Å². The summed E-state index contributed by atoms with van der Waals surface area (Å²) in [4.78, 5) is 11.1. The lowest BCUT2D eigenvalue weighted by Gasteiger charge is -2.12. The summed E-state index contributed by atoms with van der Waals surface area (Å²) in [5.74, 6) is 10.1. The summed E-state index contributed by atoms with van der Waals surface area (Å²) in [6.07, 6.45) is 0. The van der Waals surface area contributed by atoms with Crippen molar-refractivity contribution in [3.8, 4) is 22.9 Å². The van der Waals surface area contributed by atoms with Crippen LogP contribution in [0.4, 0.5) is 5.69 Å². The second kappa shape index (κ2) is 10.6. The fourth-order valence-corrected chi connectivity index (χ4v) is 6.19. The molecule has 0 radical (unpaired) electrons. The minimum absolute atomic E-state index is 0.182. The highest BCUT2D eigenvalue weighted by Crippen LogP contribution is 2.30. The molecule has 4 rings (SSSR count). The lowest BCUT2D eigenvalue weighted by atomic mass is 10.0. The molecule has 0 spiro atoms. The van der Waals surface area contributed by atoms with Gasteiger partial charge >= 0.3 is 0 Å². The third-order valence-corrected chi connectivity index (χ3v) is 8.63. The van der Waals surface area contributed by atoms with E-state index in [4.69, 9.17) is 0 Å². The van der Waals surface area contributed by atoms with Crippen LogP contribution in [0.1, 0.15) is 33.4 Å². The van der Waals surface area contributed by atoms with Crippen LogP contribution in [0.5, 0.6) is 0 Å². The zero-order valence-corrected chi connectivity index (χ0v) is 23.9. The molecule has 3 nitrogen and oxygen atoms in total. The second-order valence-electron chi connectivity index (χ2n) is 10.4. The Morgan fingerprint density at radius 3 is 1.52 bits per heavy atom. The Morgan fingerprint density at radius 1 is 0.727 bits per heavy atom. The number of non-ortho nitro benzene ring substituents is 1. The molecule has 0 amide bonds. The van der Waals surface area contributed by atoms with E-state index in [9.17, 15) is 10.1 Å². The number of fused-ring (bicyclic) bond motifs is 6. The topological polar surface area (TPSA) is 43.1 Å². The fourth-order valence-electron chi connectivity index (χ4n) is 3.24. The molecule has 0 N–H and O–H groups in total. The Bertz CT molecular complexity index is 1110. The highest BCUT2D eigenvalue weighted by atomic mass is 32.2. The van der Waals surface area contributed by atoms with Gasteiger partial charge in [0.05, 0.1) is 4.92 Å². The molecule has 4 bridgehead atoms. The van der Waals surface area contributed by atoms with Gasteiger partial charge in [0.2, 0.25) is 0 Å². The molecule has 33 heavy (non-hydrogen) atoms. The van der Waals surface area contributed by atoms with Crippen LogP contribution in [-0.4, -0.2) is 21.1 Å². The SMILES string of the molecule is C[Si](C)(C)C#Cc1cc2c(C#C[Si](C)(C)C)cc1CSCc1cc(cc([N+](=O)[O-])c1)CSC2. The van der Waals surface area contributed by atoms with Gasteiger partial charge in [0, 0.05) is 46.3 Å². The summed E-state index contributed by atoms with van der Waals surface area (Å²) in [5.41, 5.74) is 13.9. The van der Waals surface area contributed by atoms with E-state index in [1.54, 1.807) is 35.7 Å². The normalized spacial score (nSPS) is 14.0. The lowest BCUT2D eigenvalue weighted by molar-refractivity contribution is -0.385. The zero-order chi connectivity index (χ0) is 24.2. The molecule has 2 heterocycles. The smallest absolute Gasteiger partial charge is 0.258 e. The summed E-state index contributed by atoms with van der Waals surface area (Å²) in [7, 11) is -3.01. The van der Waals surface area contributed by atoms with E-state index < -0.39 is 16.1 Å². The van der Waals surface area contributed by atoms with E-state index >= 15 is 0 Å². The highest BCUT2D eigenvalue weighted by molar-refractivity contribution is 7.98. The molecule has 0 saturated carbocycles. The van der Waals surface area contributed by atoms with Crippen LogP contribution < -0.4 is 0 Å². The molecular formula is C26H31NO2S2Si2. The molecule has 0 atom stereocenters. The summed E-state index contributed by atoms with van der Waals surface area (Å²) in [6.45, 7) is 13.6. The van der Waals surface area contributed by atoms with Gasteiger partial charge in [-0.25, -0.2) is 0 Å². The number of nitro groups is 1. The number of hydrogen-bond donors (Lipinski definition) is 0. The van der Waals surface area contributed by atoms with Crippen LogP contribution in [0.3, 0.4) is 0 Å². The molecular weight excluding hydrogens is 479 g/mol. The zero-order valence-electron chi connectivity index (χ0n) is 20.3. The van der Waals surface area contributed by atoms with Crippen molar-refractivity contribution in [1.29, 1.82) is 0 Å². The highest BCUT2D eigenvalue weighted by Gasteiger charge is 2.15. The van der Waals surface area contributed by atoms with Crippen LogP contribution in [0.15, 0.2) is 30.3 Å². The van der Waals surface area contributed by atoms with Crippen LogP contribution in [-0.2, 0) is 23.0 Å². The minimum Gasteiger partial charge on any atom is -0.258 e. The Hall–Kier alpha value is -1.91. The second-order valence-corrected chi connectivity index (χ2v) is 21.9. The van der Waals surface area contributed by atoms with E-state index in [1.807, 2.05) is 0 Å². The van der Waals surface area contributed by atoms with Gasteiger partial charge in [-0.1, -0.05) is 57.2 Å². The van der Waals surface area contributed by atoms with Crippen molar-refractivity contribution in [2.45, 2.75) is 62.3 Å². The lowest BCUT2D eigenvalue weighted by Crippen LogP contribution is -2.16. The first-order chi connectivity index (χ1) is 15.4. The molecule has 172 valence electrons. The molecule has 0 aromatic heterocycles. The van der Waals surface area contributed by atoms with E-state index in [0.29, 0.717) is 0 Å². The monoisotopic (exact) mass is 509 g/mol. The third-order valence-electron chi connectivity index (χ3n) is 4.77. The van der Waals surface area contributed by atoms with Gasteiger partial charge in [-0.2, -0.15) is 23.5 Å². The predicted molar refractivity (Wildman–Crippen MR) is 150 cm³/mol. The molecule has 2 aliphatic rings. The molecule has 0 unspecified atom stereocenters. The number of benzene rings is 2. The molecule has 7 heteroatoms. The summed E-state index contributed by atoms with van der Waals surface area (Å²) < 4.78 is 0. The van der Waals surface area contributed by atoms with Gasteiger partial charge in [0.1, 0.15) is 16.1 Å². The number of rotatable bonds is 1. The van der Waals surface area contributed by atoms with Gasteiger partial charge in [0.25, 0.3) is 5.69 Å². The van der Waals surface area contributed by atoms with Crippen molar-refractivity contribution < 1.29 is 4.92 Å². The first-order valence-electron chi connectivity index (χ1n) is 11.0. The number of nitrogens with zero attached hydrogens (tertiary/aromatic N) is 1. The molecule has 2 aliphatic heterocycles. The quantitative estimate of drug-likeness (QED) is 0.176. The van der Waals surface area contributed by atoms with E-state index in [-0.39, 0.29) is 10.6 Å². The average Bonchev–Trinajstić information content (AvgIpc) is 2.71. The number of hydrogen-bond acceptors (Lipinski definition) is 4. The Balaban J connectivity index is 2.08.